The normalized spacial score (nSPS) is 12.0. The number of ether oxygens (including phenoxy) is 1. The third kappa shape index (κ3) is 4.04. The SMILES string of the molecule is COCCc1ccccc1NC(C)C(=O)N(C)C. The van der Waals surface area contributed by atoms with Crippen LogP contribution in [-0.2, 0) is 16.0 Å². The Balaban J connectivity index is 2.74. The molecule has 1 aromatic rings. The molecule has 1 aromatic carbocycles. The molecule has 0 saturated heterocycles. The number of benzene rings is 1. The first-order valence-electron chi connectivity index (χ1n) is 6.10. The molecule has 0 bridgehead atoms. The molecule has 0 aliphatic heterocycles. The van der Waals surface area contributed by atoms with Gasteiger partial charge in [0.25, 0.3) is 0 Å². The number of carbonyl (C=O) groups is 1. The maximum absolute atomic E-state index is 11.8. The van der Waals surface area contributed by atoms with Gasteiger partial charge in [-0.3, -0.25) is 4.79 Å². The van der Waals surface area contributed by atoms with Crippen LogP contribution in [0.3, 0.4) is 0 Å². The lowest BCUT2D eigenvalue weighted by Crippen LogP contribution is -2.36. The minimum Gasteiger partial charge on any atom is -0.384 e. The molecular weight excluding hydrogens is 228 g/mol. The van der Waals surface area contributed by atoms with Gasteiger partial charge in [-0.15, -0.1) is 0 Å². The van der Waals surface area contributed by atoms with Crippen LogP contribution in [0.4, 0.5) is 5.69 Å². The van der Waals surface area contributed by atoms with Crippen molar-refractivity contribution < 1.29 is 9.53 Å². The van der Waals surface area contributed by atoms with Crippen LogP contribution in [0.2, 0.25) is 0 Å². The van der Waals surface area contributed by atoms with Crippen LogP contribution in [0.25, 0.3) is 0 Å². The number of rotatable bonds is 6. The highest BCUT2D eigenvalue weighted by atomic mass is 16.5. The predicted molar refractivity (Wildman–Crippen MR) is 73.8 cm³/mol. The van der Waals surface area contributed by atoms with Gasteiger partial charge in [-0.05, 0) is 25.0 Å². The second kappa shape index (κ2) is 7.01. The molecule has 0 radical (unpaired) electrons. The summed E-state index contributed by atoms with van der Waals surface area (Å²) in [4.78, 5) is 13.4. The zero-order valence-corrected chi connectivity index (χ0v) is 11.6. The highest BCUT2D eigenvalue weighted by Gasteiger charge is 2.15. The van der Waals surface area contributed by atoms with Gasteiger partial charge < -0.3 is 15.0 Å². The van der Waals surface area contributed by atoms with Crippen molar-refractivity contribution in [1.29, 1.82) is 0 Å². The van der Waals surface area contributed by atoms with Crippen LogP contribution in [-0.4, -0.2) is 44.7 Å². The van der Waals surface area contributed by atoms with Gasteiger partial charge in [0.2, 0.25) is 5.91 Å². The summed E-state index contributed by atoms with van der Waals surface area (Å²) in [7, 11) is 5.21. The molecular formula is C14H22N2O2. The van der Waals surface area contributed by atoms with Crippen LogP contribution in [0.15, 0.2) is 24.3 Å². The van der Waals surface area contributed by atoms with E-state index in [1.54, 1.807) is 26.1 Å². The van der Waals surface area contributed by atoms with E-state index in [2.05, 4.69) is 5.32 Å². The molecule has 4 nitrogen and oxygen atoms in total. The van der Waals surface area contributed by atoms with E-state index in [1.165, 1.54) is 0 Å². The largest absolute Gasteiger partial charge is 0.384 e. The number of amides is 1. The van der Waals surface area contributed by atoms with Crippen molar-refractivity contribution in [2.45, 2.75) is 19.4 Å². The number of para-hydroxylation sites is 1. The number of likely N-dealkylation sites (N-methyl/N-ethyl adjacent to an activating group) is 1. The fraction of sp³-hybridized carbons (Fsp3) is 0.500. The number of methoxy groups -OCH3 is 1. The Labute approximate surface area is 109 Å². The zero-order chi connectivity index (χ0) is 13.5. The molecule has 1 unspecified atom stereocenters. The van der Waals surface area contributed by atoms with Crippen molar-refractivity contribution in [3.63, 3.8) is 0 Å². The van der Waals surface area contributed by atoms with E-state index in [4.69, 9.17) is 4.74 Å². The van der Waals surface area contributed by atoms with Crippen LogP contribution in [0.5, 0.6) is 0 Å². The Hall–Kier alpha value is -1.55. The Bertz CT molecular complexity index is 391. The van der Waals surface area contributed by atoms with Crippen molar-refractivity contribution in [2.75, 3.05) is 33.1 Å². The molecule has 0 spiro atoms. The maximum atomic E-state index is 11.8. The van der Waals surface area contributed by atoms with Crippen molar-refractivity contribution in [3.8, 4) is 0 Å². The molecule has 1 rings (SSSR count). The van der Waals surface area contributed by atoms with Gasteiger partial charge in [-0.2, -0.15) is 0 Å². The molecule has 1 amide bonds. The van der Waals surface area contributed by atoms with E-state index in [9.17, 15) is 4.79 Å². The fourth-order valence-corrected chi connectivity index (χ4v) is 1.77. The lowest BCUT2D eigenvalue weighted by Gasteiger charge is -2.20. The summed E-state index contributed by atoms with van der Waals surface area (Å²) in [6, 6.07) is 7.77. The monoisotopic (exact) mass is 250 g/mol. The summed E-state index contributed by atoms with van der Waals surface area (Å²) in [6.07, 6.45) is 0.836. The molecule has 0 aromatic heterocycles. The summed E-state index contributed by atoms with van der Waals surface area (Å²) < 4.78 is 5.09. The Kier molecular flexibility index (Phi) is 5.65. The third-order valence-corrected chi connectivity index (χ3v) is 2.78. The molecule has 4 heteroatoms. The second-order valence-electron chi connectivity index (χ2n) is 4.50. The molecule has 1 atom stereocenters. The minimum absolute atomic E-state index is 0.0662. The summed E-state index contributed by atoms with van der Waals surface area (Å²) in [6.45, 7) is 2.55. The van der Waals surface area contributed by atoms with E-state index in [0.717, 1.165) is 17.7 Å². The van der Waals surface area contributed by atoms with E-state index < -0.39 is 0 Å². The highest BCUT2D eigenvalue weighted by Crippen LogP contribution is 2.17. The van der Waals surface area contributed by atoms with Crippen LogP contribution >= 0.6 is 0 Å². The van der Waals surface area contributed by atoms with Gasteiger partial charge in [0.05, 0.1) is 6.61 Å². The van der Waals surface area contributed by atoms with E-state index in [1.807, 2.05) is 31.2 Å². The maximum Gasteiger partial charge on any atom is 0.244 e. The summed E-state index contributed by atoms with van der Waals surface area (Å²) in [5.74, 6) is 0.0662. The van der Waals surface area contributed by atoms with Crippen molar-refractivity contribution in [3.05, 3.63) is 29.8 Å². The molecule has 0 saturated carbocycles. The average molecular weight is 250 g/mol. The lowest BCUT2D eigenvalue weighted by atomic mass is 10.1. The van der Waals surface area contributed by atoms with E-state index >= 15 is 0 Å². The number of carbonyl (C=O) groups excluding carboxylic acids is 1. The minimum atomic E-state index is -0.233. The summed E-state index contributed by atoms with van der Waals surface area (Å²) >= 11 is 0. The Morgan fingerprint density at radius 1 is 1.39 bits per heavy atom. The third-order valence-electron chi connectivity index (χ3n) is 2.78. The topological polar surface area (TPSA) is 41.6 Å². The second-order valence-corrected chi connectivity index (χ2v) is 4.50. The van der Waals surface area contributed by atoms with Crippen LogP contribution in [0.1, 0.15) is 12.5 Å². The van der Waals surface area contributed by atoms with Gasteiger partial charge in [0, 0.05) is 26.9 Å². The molecule has 18 heavy (non-hydrogen) atoms. The average Bonchev–Trinajstić information content (AvgIpc) is 2.36. The highest BCUT2D eigenvalue weighted by molar-refractivity contribution is 5.84. The molecule has 0 heterocycles. The van der Waals surface area contributed by atoms with Gasteiger partial charge in [-0.25, -0.2) is 0 Å². The van der Waals surface area contributed by atoms with Gasteiger partial charge >= 0.3 is 0 Å². The standard InChI is InChI=1S/C14H22N2O2/c1-11(14(17)16(2)3)15-13-8-6-5-7-12(13)9-10-18-4/h5-8,11,15H,9-10H2,1-4H3. The molecule has 0 fully saturated rings. The summed E-state index contributed by atoms with van der Waals surface area (Å²) in [5, 5.41) is 3.25. The first-order chi connectivity index (χ1) is 8.56. The number of anilines is 1. The number of hydrogen-bond donors (Lipinski definition) is 1. The van der Waals surface area contributed by atoms with Crippen LogP contribution in [0, 0.1) is 0 Å². The molecule has 1 N–H and O–H groups in total. The lowest BCUT2D eigenvalue weighted by molar-refractivity contribution is -0.129. The molecule has 100 valence electrons. The number of nitrogens with zero attached hydrogens (tertiary/aromatic N) is 1. The fourth-order valence-electron chi connectivity index (χ4n) is 1.77. The Morgan fingerprint density at radius 2 is 2.06 bits per heavy atom. The van der Waals surface area contributed by atoms with Crippen molar-refractivity contribution >= 4 is 11.6 Å². The molecule has 0 aliphatic carbocycles. The Morgan fingerprint density at radius 3 is 2.67 bits per heavy atom. The number of nitrogens with one attached hydrogen (secondary N) is 1. The first kappa shape index (κ1) is 14.5. The van der Waals surface area contributed by atoms with E-state index in [0.29, 0.717) is 6.61 Å². The van der Waals surface area contributed by atoms with Crippen LogP contribution < -0.4 is 5.32 Å². The molecule has 0 aliphatic rings. The zero-order valence-electron chi connectivity index (χ0n) is 11.6. The smallest absolute Gasteiger partial charge is 0.244 e. The predicted octanol–water partition coefficient (Wildman–Crippen LogP) is 1.76. The van der Waals surface area contributed by atoms with Crippen molar-refractivity contribution in [1.82, 2.24) is 4.90 Å². The summed E-state index contributed by atoms with van der Waals surface area (Å²) in [5.41, 5.74) is 2.16. The van der Waals surface area contributed by atoms with Gasteiger partial charge in [-0.1, -0.05) is 18.2 Å². The van der Waals surface area contributed by atoms with Crippen molar-refractivity contribution in [2.24, 2.45) is 0 Å². The van der Waals surface area contributed by atoms with E-state index in [-0.39, 0.29) is 11.9 Å². The van der Waals surface area contributed by atoms with Gasteiger partial charge in [0.1, 0.15) is 6.04 Å². The van der Waals surface area contributed by atoms with Gasteiger partial charge in [0.15, 0.2) is 0 Å². The number of hydrogen-bond acceptors (Lipinski definition) is 3. The quantitative estimate of drug-likeness (QED) is 0.836. The first-order valence-corrected chi connectivity index (χ1v) is 6.10.